The highest BCUT2D eigenvalue weighted by molar-refractivity contribution is 5.06. The minimum Gasteiger partial charge on any atom is -0.347 e. The normalized spacial score (nSPS) is 10.9. The predicted octanol–water partition coefficient (Wildman–Crippen LogP) is 2.29. The number of pyridine rings is 1. The molecule has 78 valence electrons. The van der Waals surface area contributed by atoms with Crippen molar-refractivity contribution in [2.24, 2.45) is 0 Å². The van der Waals surface area contributed by atoms with Crippen LogP contribution in [0.2, 0.25) is 0 Å². The maximum Gasteiger partial charge on any atom is 0.213 e. The summed E-state index contributed by atoms with van der Waals surface area (Å²) in [5.74, 6) is -0.521. The van der Waals surface area contributed by atoms with E-state index in [4.69, 9.17) is 9.47 Å². The summed E-state index contributed by atoms with van der Waals surface area (Å²) in [5.41, 5.74) is 0.466. The summed E-state index contributed by atoms with van der Waals surface area (Å²) in [6.45, 7) is 4.71. The zero-order chi connectivity index (χ0) is 10.4. The van der Waals surface area contributed by atoms with E-state index in [0.29, 0.717) is 18.9 Å². The van der Waals surface area contributed by atoms with Crippen molar-refractivity contribution in [3.63, 3.8) is 0 Å². The Morgan fingerprint density at radius 3 is 2.43 bits per heavy atom. The molecule has 0 bridgehead atoms. The van der Waals surface area contributed by atoms with Gasteiger partial charge < -0.3 is 9.47 Å². The van der Waals surface area contributed by atoms with E-state index in [2.05, 4.69) is 4.98 Å². The van der Waals surface area contributed by atoms with Crippen molar-refractivity contribution >= 4 is 0 Å². The molecule has 1 aromatic rings. The van der Waals surface area contributed by atoms with Crippen LogP contribution < -0.4 is 0 Å². The molecule has 1 heterocycles. The molecule has 0 N–H and O–H groups in total. The van der Waals surface area contributed by atoms with Crippen LogP contribution >= 0.6 is 0 Å². The van der Waals surface area contributed by atoms with Crippen molar-refractivity contribution in [3.8, 4) is 0 Å². The second-order valence-corrected chi connectivity index (χ2v) is 2.63. The maximum absolute atomic E-state index is 12.8. The van der Waals surface area contributed by atoms with Gasteiger partial charge in [-0.1, -0.05) is 6.07 Å². The van der Waals surface area contributed by atoms with Gasteiger partial charge in [0.1, 0.15) is 0 Å². The van der Waals surface area contributed by atoms with E-state index in [9.17, 15) is 4.39 Å². The van der Waals surface area contributed by atoms with E-state index in [0.717, 1.165) is 0 Å². The van der Waals surface area contributed by atoms with Gasteiger partial charge in [-0.3, -0.25) is 0 Å². The highest BCUT2D eigenvalue weighted by Gasteiger charge is 2.12. The Balaban J connectivity index is 2.75. The van der Waals surface area contributed by atoms with Crippen molar-refractivity contribution in [3.05, 3.63) is 29.8 Å². The number of nitrogens with zero attached hydrogens (tertiary/aromatic N) is 1. The first-order chi connectivity index (χ1) is 6.77. The molecule has 14 heavy (non-hydrogen) atoms. The van der Waals surface area contributed by atoms with Crippen molar-refractivity contribution in [1.82, 2.24) is 4.98 Å². The van der Waals surface area contributed by atoms with Crippen LogP contribution in [0.5, 0.6) is 0 Å². The molecule has 0 aromatic carbocycles. The van der Waals surface area contributed by atoms with Crippen LogP contribution in [0.4, 0.5) is 4.39 Å². The molecular weight excluding hydrogens is 185 g/mol. The van der Waals surface area contributed by atoms with Crippen LogP contribution in [0.15, 0.2) is 18.2 Å². The summed E-state index contributed by atoms with van der Waals surface area (Å²) in [4.78, 5) is 3.69. The monoisotopic (exact) mass is 199 g/mol. The van der Waals surface area contributed by atoms with Crippen LogP contribution in [-0.4, -0.2) is 18.2 Å². The fourth-order valence-corrected chi connectivity index (χ4v) is 1.08. The van der Waals surface area contributed by atoms with Crippen LogP contribution in [-0.2, 0) is 9.47 Å². The Bertz CT molecular complexity index is 275. The van der Waals surface area contributed by atoms with Crippen molar-refractivity contribution in [2.45, 2.75) is 20.1 Å². The zero-order valence-corrected chi connectivity index (χ0v) is 8.37. The van der Waals surface area contributed by atoms with Gasteiger partial charge in [0.15, 0.2) is 0 Å². The molecule has 0 saturated carbocycles. The molecule has 0 amide bonds. The molecular formula is C10H14FNO2. The smallest absolute Gasteiger partial charge is 0.213 e. The fraction of sp³-hybridized carbons (Fsp3) is 0.500. The van der Waals surface area contributed by atoms with Crippen LogP contribution in [0, 0.1) is 5.95 Å². The number of hydrogen-bond acceptors (Lipinski definition) is 3. The summed E-state index contributed by atoms with van der Waals surface area (Å²) in [6.07, 6.45) is -0.569. The van der Waals surface area contributed by atoms with E-state index in [1.165, 1.54) is 6.07 Å². The third kappa shape index (κ3) is 3.05. The molecule has 0 atom stereocenters. The fourth-order valence-electron chi connectivity index (χ4n) is 1.08. The van der Waals surface area contributed by atoms with Crippen molar-refractivity contribution < 1.29 is 13.9 Å². The van der Waals surface area contributed by atoms with Gasteiger partial charge in [0.2, 0.25) is 12.2 Å². The number of aromatic nitrogens is 1. The Hall–Kier alpha value is -1.00. The summed E-state index contributed by atoms with van der Waals surface area (Å²) < 4.78 is 23.3. The van der Waals surface area contributed by atoms with Gasteiger partial charge >= 0.3 is 0 Å². The van der Waals surface area contributed by atoms with Gasteiger partial charge in [0, 0.05) is 13.2 Å². The first-order valence-corrected chi connectivity index (χ1v) is 4.63. The van der Waals surface area contributed by atoms with E-state index in [1.54, 1.807) is 12.1 Å². The number of ether oxygens (including phenoxy) is 2. The maximum atomic E-state index is 12.8. The second kappa shape index (κ2) is 5.67. The van der Waals surface area contributed by atoms with E-state index in [-0.39, 0.29) is 0 Å². The van der Waals surface area contributed by atoms with Gasteiger partial charge in [-0.25, -0.2) is 4.98 Å². The quantitative estimate of drug-likeness (QED) is 0.538. The molecule has 0 radical (unpaired) electrons. The summed E-state index contributed by atoms with van der Waals surface area (Å²) in [5, 5.41) is 0. The average Bonchev–Trinajstić information content (AvgIpc) is 2.17. The SMILES string of the molecule is CCOC(OCC)c1cccc(F)n1. The third-order valence-corrected chi connectivity index (χ3v) is 1.61. The highest BCUT2D eigenvalue weighted by atomic mass is 19.1. The zero-order valence-electron chi connectivity index (χ0n) is 8.37. The lowest BCUT2D eigenvalue weighted by molar-refractivity contribution is -0.142. The Labute approximate surface area is 82.9 Å². The molecule has 0 spiro atoms. The van der Waals surface area contributed by atoms with Gasteiger partial charge in [-0.05, 0) is 26.0 Å². The largest absolute Gasteiger partial charge is 0.347 e. The lowest BCUT2D eigenvalue weighted by Gasteiger charge is -2.15. The van der Waals surface area contributed by atoms with Gasteiger partial charge in [0.05, 0.1) is 5.69 Å². The minimum absolute atomic E-state index is 0.466. The number of rotatable bonds is 5. The summed E-state index contributed by atoms with van der Waals surface area (Å²) in [7, 11) is 0. The molecule has 0 aliphatic carbocycles. The topological polar surface area (TPSA) is 31.4 Å². The minimum atomic E-state index is -0.569. The molecule has 0 unspecified atom stereocenters. The van der Waals surface area contributed by atoms with Crippen molar-refractivity contribution in [1.29, 1.82) is 0 Å². The van der Waals surface area contributed by atoms with Crippen LogP contribution in [0.3, 0.4) is 0 Å². The number of halogens is 1. The molecule has 3 nitrogen and oxygen atoms in total. The third-order valence-electron chi connectivity index (χ3n) is 1.61. The summed E-state index contributed by atoms with van der Waals surface area (Å²) >= 11 is 0. The lowest BCUT2D eigenvalue weighted by Crippen LogP contribution is -2.11. The van der Waals surface area contributed by atoms with Gasteiger partial charge in [-0.2, -0.15) is 4.39 Å². The molecule has 0 saturated heterocycles. The van der Waals surface area contributed by atoms with Crippen LogP contribution in [0.25, 0.3) is 0 Å². The van der Waals surface area contributed by atoms with E-state index in [1.807, 2.05) is 13.8 Å². The molecule has 4 heteroatoms. The Morgan fingerprint density at radius 1 is 1.29 bits per heavy atom. The highest BCUT2D eigenvalue weighted by Crippen LogP contribution is 2.16. The van der Waals surface area contributed by atoms with Gasteiger partial charge in [0.25, 0.3) is 0 Å². The molecule has 0 aliphatic rings. The van der Waals surface area contributed by atoms with Gasteiger partial charge in [-0.15, -0.1) is 0 Å². The van der Waals surface area contributed by atoms with E-state index < -0.39 is 12.2 Å². The molecule has 1 aromatic heterocycles. The molecule has 0 aliphatic heterocycles. The average molecular weight is 199 g/mol. The van der Waals surface area contributed by atoms with Crippen LogP contribution in [0.1, 0.15) is 25.8 Å². The molecule has 1 rings (SSSR count). The first-order valence-electron chi connectivity index (χ1n) is 4.63. The Morgan fingerprint density at radius 2 is 1.93 bits per heavy atom. The predicted molar refractivity (Wildman–Crippen MR) is 50.2 cm³/mol. The number of hydrogen-bond donors (Lipinski definition) is 0. The standard InChI is InChI=1S/C10H14FNO2/c1-3-13-10(14-4-2)8-6-5-7-9(11)12-8/h5-7,10H,3-4H2,1-2H3. The Kier molecular flexibility index (Phi) is 4.49. The lowest BCUT2D eigenvalue weighted by atomic mass is 10.3. The molecule has 0 fully saturated rings. The first kappa shape index (κ1) is 11.1. The summed E-state index contributed by atoms with van der Waals surface area (Å²) in [6, 6.07) is 4.56. The van der Waals surface area contributed by atoms with E-state index >= 15 is 0 Å². The van der Waals surface area contributed by atoms with Crippen molar-refractivity contribution in [2.75, 3.05) is 13.2 Å². The second-order valence-electron chi connectivity index (χ2n) is 2.63.